The third-order valence-corrected chi connectivity index (χ3v) is 2.67. The van der Waals surface area contributed by atoms with Crippen molar-refractivity contribution in [1.82, 2.24) is 4.98 Å². The molecular weight excluding hydrogens is 264 g/mol. The van der Waals surface area contributed by atoms with Crippen molar-refractivity contribution in [1.29, 1.82) is 5.26 Å². The summed E-state index contributed by atoms with van der Waals surface area (Å²) in [5.41, 5.74) is 1.52. The van der Waals surface area contributed by atoms with Gasteiger partial charge in [0, 0.05) is 11.2 Å². The zero-order chi connectivity index (χ0) is 13.7. The normalized spacial score (nSPS) is 9.68. The van der Waals surface area contributed by atoms with E-state index in [1.807, 2.05) is 6.07 Å². The first kappa shape index (κ1) is 13.1. The van der Waals surface area contributed by atoms with Crippen LogP contribution in [0.5, 0.6) is 5.75 Å². The predicted octanol–water partition coefficient (Wildman–Crippen LogP) is 3.00. The number of ether oxygens (including phenoxy) is 1. The second kappa shape index (κ2) is 5.98. The number of hydrogen-bond donors (Lipinski definition) is 0. The molecule has 0 atom stereocenters. The number of aldehydes is 1. The molecule has 0 bridgehead atoms. The Kier molecular flexibility index (Phi) is 4.11. The molecule has 0 saturated heterocycles. The molecule has 0 spiro atoms. The molecule has 1 heterocycles. The van der Waals surface area contributed by atoms with Crippen LogP contribution in [-0.4, -0.2) is 11.3 Å². The number of rotatable bonds is 4. The fourth-order valence-electron chi connectivity index (χ4n) is 1.53. The number of hydrogen-bond acceptors (Lipinski definition) is 4. The fourth-order valence-corrected chi connectivity index (χ4v) is 1.71. The van der Waals surface area contributed by atoms with Gasteiger partial charge in [0.25, 0.3) is 0 Å². The SMILES string of the molecule is N#Cc1cc(COc2ccc(Cl)cc2C=O)ccn1. The minimum atomic E-state index is 0.250. The van der Waals surface area contributed by atoms with Crippen molar-refractivity contribution in [2.75, 3.05) is 0 Å². The molecule has 5 heteroatoms. The highest BCUT2D eigenvalue weighted by Gasteiger charge is 2.05. The van der Waals surface area contributed by atoms with Crippen molar-refractivity contribution in [2.45, 2.75) is 6.61 Å². The van der Waals surface area contributed by atoms with Crippen LogP contribution < -0.4 is 4.74 Å². The maximum atomic E-state index is 10.9. The van der Waals surface area contributed by atoms with Gasteiger partial charge in [0.1, 0.15) is 24.1 Å². The highest BCUT2D eigenvalue weighted by atomic mass is 35.5. The van der Waals surface area contributed by atoms with Gasteiger partial charge in [-0.3, -0.25) is 4.79 Å². The molecule has 1 aromatic heterocycles. The molecule has 0 unspecified atom stereocenters. The number of halogens is 1. The van der Waals surface area contributed by atoms with E-state index >= 15 is 0 Å². The van der Waals surface area contributed by atoms with Gasteiger partial charge in [0.15, 0.2) is 6.29 Å². The van der Waals surface area contributed by atoms with Crippen molar-refractivity contribution < 1.29 is 9.53 Å². The number of carbonyl (C=O) groups is 1. The summed E-state index contributed by atoms with van der Waals surface area (Å²) < 4.78 is 5.54. The minimum absolute atomic E-state index is 0.250. The van der Waals surface area contributed by atoms with Gasteiger partial charge in [-0.1, -0.05) is 11.6 Å². The summed E-state index contributed by atoms with van der Waals surface area (Å²) in [6.45, 7) is 0.250. The second-order valence-electron chi connectivity index (χ2n) is 3.75. The minimum Gasteiger partial charge on any atom is -0.488 e. The van der Waals surface area contributed by atoms with Crippen molar-refractivity contribution >= 4 is 17.9 Å². The summed E-state index contributed by atoms with van der Waals surface area (Å²) in [7, 11) is 0. The molecule has 0 N–H and O–H groups in total. The van der Waals surface area contributed by atoms with E-state index in [0.29, 0.717) is 28.3 Å². The molecule has 0 saturated carbocycles. The van der Waals surface area contributed by atoms with Crippen LogP contribution in [0.4, 0.5) is 0 Å². The average Bonchev–Trinajstić information content (AvgIpc) is 2.46. The van der Waals surface area contributed by atoms with Crippen LogP contribution in [0.3, 0.4) is 0 Å². The van der Waals surface area contributed by atoms with Crippen molar-refractivity contribution in [3.63, 3.8) is 0 Å². The average molecular weight is 273 g/mol. The Morgan fingerprint density at radius 1 is 1.37 bits per heavy atom. The van der Waals surface area contributed by atoms with Gasteiger partial charge in [-0.25, -0.2) is 4.98 Å². The Morgan fingerprint density at radius 2 is 2.21 bits per heavy atom. The summed E-state index contributed by atoms with van der Waals surface area (Å²) >= 11 is 5.79. The van der Waals surface area contributed by atoms with Gasteiger partial charge in [0.2, 0.25) is 0 Å². The number of pyridine rings is 1. The molecule has 2 aromatic rings. The lowest BCUT2D eigenvalue weighted by atomic mass is 10.2. The van der Waals surface area contributed by atoms with E-state index in [1.165, 1.54) is 6.07 Å². The molecule has 4 nitrogen and oxygen atoms in total. The summed E-state index contributed by atoms with van der Waals surface area (Å²) in [6.07, 6.45) is 2.23. The number of nitriles is 1. The largest absolute Gasteiger partial charge is 0.488 e. The van der Waals surface area contributed by atoms with Crippen molar-refractivity contribution in [3.05, 3.63) is 58.4 Å². The zero-order valence-corrected chi connectivity index (χ0v) is 10.6. The number of aromatic nitrogens is 1. The van der Waals surface area contributed by atoms with E-state index in [9.17, 15) is 4.79 Å². The maximum absolute atomic E-state index is 10.9. The highest BCUT2D eigenvalue weighted by molar-refractivity contribution is 6.30. The van der Waals surface area contributed by atoms with E-state index in [4.69, 9.17) is 21.6 Å². The smallest absolute Gasteiger partial charge is 0.153 e. The first-order valence-corrected chi connectivity index (χ1v) is 5.83. The number of carbonyl (C=O) groups excluding carboxylic acids is 1. The number of benzene rings is 1. The molecule has 94 valence electrons. The van der Waals surface area contributed by atoms with Gasteiger partial charge in [0.05, 0.1) is 5.56 Å². The Hall–Kier alpha value is -2.38. The molecule has 0 aliphatic heterocycles. The lowest BCUT2D eigenvalue weighted by Gasteiger charge is -2.08. The van der Waals surface area contributed by atoms with Gasteiger partial charge in [-0.2, -0.15) is 5.26 Å². The molecule has 19 heavy (non-hydrogen) atoms. The summed E-state index contributed by atoms with van der Waals surface area (Å²) in [6, 6.07) is 10.2. The molecule has 0 amide bonds. The summed E-state index contributed by atoms with van der Waals surface area (Å²) in [4.78, 5) is 14.8. The van der Waals surface area contributed by atoms with Crippen molar-refractivity contribution in [3.8, 4) is 11.8 Å². The van der Waals surface area contributed by atoms with E-state index in [2.05, 4.69) is 4.98 Å². The maximum Gasteiger partial charge on any atom is 0.153 e. The van der Waals surface area contributed by atoms with Crippen LogP contribution in [0, 0.1) is 11.3 Å². The molecule has 0 aliphatic carbocycles. The van der Waals surface area contributed by atoms with E-state index in [0.717, 1.165) is 5.56 Å². The van der Waals surface area contributed by atoms with Crippen LogP contribution >= 0.6 is 11.6 Å². The molecule has 2 rings (SSSR count). The Balaban J connectivity index is 2.14. The van der Waals surface area contributed by atoms with Crippen molar-refractivity contribution in [2.24, 2.45) is 0 Å². The lowest BCUT2D eigenvalue weighted by molar-refractivity contribution is 0.111. The van der Waals surface area contributed by atoms with Crippen LogP contribution in [0.2, 0.25) is 5.02 Å². The third-order valence-electron chi connectivity index (χ3n) is 2.43. The first-order chi connectivity index (χ1) is 9.22. The van der Waals surface area contributed by atoms with E-state index in [1.54, 1.807) is 30.5 Å². The Labute approximate surface area is 115 Å². The topological polar surface area (TPSA) is 63.0 Å². The van der Waals surface area contributed by atoms with Gasteiger partial charge < -0.3 is 4.74 Å². The molecule has 0 radical (unpaired) electrons. The van der Waals surface area contributed by atoms with Gasteiger partial charge >= 0.3 is 0 Å². The number of nitrogens with zero attached hydrogens (tertiary/aromatic N) is 2. The Morgan fingerprint density at radius 3 is 2.95 bits per heavy atom. The summed E-state index contributed by atoms with van der Waals surface area (Å²) in [5.74, 6) is 0.453. The quantitative estimate of drug-likeness (QED) is 0.803. The zero-order valence-electron chi connectivity index (χ0n) is 9.84. The van der Waals surface area contributed by atoms with Crippen LogP contribution in [-0.2, 0) is 6.61 Å². The van der Waals surface area contributed by atoms with E-state index in [-0.39, 0.29) is 6.61 Å². The van der Waals surface area contributed by atoms with Crippen LogP contribution in [0.25, 0.3) is 0 Å². The molecule has 1 aromatic carbocycles. The van der Waals surface area contributed by atoms with Gasteiger partial charge in [-0.05, 0) is 35.9 Å². The first-order valence-electron chi connectivity index (χ1n) is 5.45. The predicted molar refractivity (Wildman–Crippen MR) is 70.1 cm³/mol. The fraction of sp³-hybridized carbons (Fsp3) is 0.0714. The monoisotopic (exact) mass is 272 g/mol. The standard InChI is InChI=1S/C14H9ClN2O2/c15-12-1-2-14(11(6-12)8-18)19-9-10-3-4-17-13(5-10)7-16/h1-6,8H,9H2. The lowest BCUT2D eigenvalue weighted by Crippen LogP contribution is -1.99. The second-order valence-corrected chi connectivity index (χ2v) is 4.19. The Bertz CT molecular complexity index is 650. The highest BCUT2D eigenvalue weighted by Crippen LogP contribution is 2.22. The molecular formula is C14H9ClN2O2. The third kappa shape index (κ3) is 3.30. The molecule has 0 fully saturated rings. The van der Waals surface area contributed by atoms with Gasteiger partial charge in [-0.15, -0.1) is 0 Å². The summed E-state index contributed by atoms with van der Waals surface area (Å²) in [5, 5.41) is 9.22. The van der Waals surface area contributed by atoms with E-state index < -0.39 is 0 Å². The molecule has 0 aliphatic rings. The van der Waals surface area contributed by atoms with Crippen LogP contribution in [0.15, 0.2) is 36.5 Å². The van der Waals surface area contributed by atoms with Crippen LogP contribution in [0.1, 0.15) is 21.6 Å².